The van der Waals surface area contributed by atoms with Crippen molar-refractivity contribution >= 4 is 21.8 Å². The monoisotopic (exact) mass is 583 g/mol. The highest BCUT2D eigenvalue weighted by atomic mass is 32.2. The van der Waals surface area contributed by atoms with E-state index in [-0.39, 0.29) is 29.8 Å². The van der Waals surface area contributed by atoms with Crippen LogP contribution < -0.4 is 21.1 Å². The first-order chi connectivity index (χ1) is 19.6. The molecule has 0 radical (unpaired) electrons. The zero-order chi connectivity index (χ0) is 29.8. The van der Waals surface area contributed by atoms with E-state index >= 15 is 0 Å². The number of nitrogens with one attached hydrogen (secondary N) is 2. The van der Waals surface area contributed by atoms with Crippen molar-refractivity contribution in [2.24, 2.45) is 11.7 Å². The molecule has 0 saturated heterocycles. The summed E-state index contributed by atoms with van der Waals surface area (Å²) in [5.74, 6) is -0.469. The van der Waals surface area contributed by atoms with Crippen molar-refractivity contribution in [1.82, 2.24) is 10.6 Å². The molecule has 2 amide bonds. The van der Waals surface area contributed by atoms with E-state index in [9.17, 15) is 23.1 Å². The van der Waals surface area contributed by atoms with Crippen molar-refractivity contribution in [2.45, 2.75) is 55.9 Å². The maximum atomic E-state index is 13.3. The van der Waals surface area contributed by atoms with Gasteiger partial charge in [-0.1, -0.05) is 86.6 Å². The Hall–Kier alpha value is -3.93. The number of amides is 2. The summed E-state index contributed by atoms with van der Waals surface area (Å²) >= 11 is 0. The number of nitrogens with two attached hydrogens (primary N) is 1. The van der Waals surface area contributed by atoms with Crippen molar-refractivity contribution in [2.75, 3.05) is 6.54 Å². The molecule has 0 spiro atoms. The van der Waals surface area contributed by atoms with Crippen molar-refractivity contribution in [3.05, 3.63) is 96.1 Å². The summed E-state index contributed by atoms with van der Waals surface area (Å²) in [6, 6.07) is 23.4. The van der Waals surface area contributed by atoms with Gasteiger partial charge in [-0.05, 0) is 35.6 Å². The van der Waals surface area contributed by atoms with Crippen LogP contribution in [0.5, 0.6) is 5.75 Å². The summed E-state index contributed by atoms with van der Waals surface area (Å²) in [6.45, 7) is 3.48. The number of alkyl carbamates (subject to hydrolysis) is 1. The topological polar surface area (TPSA) is 157 Å². The summed E-state index contributed by atoms with van der Waals surface area (Å²) in [4.78, 5) is 25.1. The summed E-state index contributed by atoms with van der Waals surface area (Å²) in [5, 5.41) is 13.9. The quantitative estimate of drug-likeness (QED) is 0.225. The lowest BCUT2D eigenvalue weighted by molar-refractivity contribution is -0.123. The Labute approximate surface area is 240 Å². The van der Waals surface area contributed by atoms with Gasteiger partial charge in [0.15, 0.2) is 9.84 Å². The van der Waals surface area contributed by atoms with Crippen LogP contribution in [0.15, 0.2) is 89.8 Å². The van der Waals surface area contributed by atoms with Gasteiger partial charge in [0.2, 0.25) is 5.91 Å². The van der Waals surface area contributed by atoms with E-state index in [1.807, 2.05) is 62.4 Å². The highest BCUT2D eigenvalue weighted by Crippen LogP contribution is 2.27. The summed E-state index contributed by atoms with van der Waals surface area (Å²) < 4.78 is 37.6. The maximum absolute atomic E-state index is 13.3. The van der Waals surface area contributed by atoms with Crippen LogP contribution in [0.1, 0.15) is 31.4 Å². The third-order valence-corrected chi connectivity index (χ3v) is 8.13. The van der Waals surface area contributed by atoms with Crippen molar-refractivity contribution < 1.29 is 32.6 Å². The highest BCUT2D eigenvalue weighted by molar-refractivity contribution is 7.92. The SMILES string of the molecule is CC(C)C[C@H](NC(=O)OCc1ccccc1)C(=O)NCC(O)C(N)S(=O)(=O)c1ccccc1OCc1ccccc1. The Morgan fingerprint density at radius 3 is 2.05 bits per heavy atom. The molecule has 5 N–H and O–H groups in total. The average molecular weight is 584 g/mol. The number of aliphatic hydroxyl groups is 1. The largest absolute Gasteiger partial charge is 0.488 e. The number of ether oxygens (including phenoxy) is 2. The fraction of sp³-hybridized carbons (Fsp3) is 0.333. The first kappa shape index (κ1) is 31.6. The molecule has 11 heteroatoms. The molecule has 0 heterocycles. The number of hydrogen-bond acceptors (Lipinski definition) is 8. The first-order valence-corrected chi connectivity index (χ1v) is 14.8. The molecule has 0 aliphatic rings. The van der Waals surface area contributed by atoms with E-state index < -0.39 is 45.9 Å². The van der Waals surface area contributed by atoms with Gasteiger partial charge >= 0.3 is 6.09 Å². The minimum absolute atomic E-state index is 0.0324. The Morgan fingerprint density at radius 2 is 1.44 bits per heavy atom. The second-order valence-corrected chi connectivity index (χ2v) is 12.0. The van der Waals surface area contributed by atoms with E-state index in [0.717, 1.165) is 11.1 Å². The van der Waals surface area contributed by atoms with Gasteiger partial charge in [0.25, 0.3) is 0 Å². The Morgan fingerprint density at radius 1 is 0.878 bits per heavy atom. The van der Waals surface area contributed by atoms with Gasteiger partial charge < -0.3 is 30.9 Å². The van der Waals surface area contributed by atoms with Crippen LogP contribution in [0, 0.1) is 5.92 Å². The predicted octanol–water partition coefficient (Wildman–Crippen LogP) is 3.14. The number of carbonyl (C=O) groups is 2. The van der Waals surface area contributed by atoms with Crippen LogP contribution in [0.3, 0.4) is 0 Å². The molecule has 3 aromatic rings. The van der Waals surface area contributed by atoms with E-state index in [0.29, 0.717) is 6.42 Å². The van der Waals surface area contributed by atoms with Gasteiger partial charge in [0.1, 0.15) is 41.4 Å². The lowest BCUT2D eigenvalue weighted by Crippen LogP contribution is -2.52. The molecule has 10 nitrogen and oxygen atoms in total. The third-order valence-electron chi connectivity index (χ3n) is 6.14. The number of benzene rings is 3. The first-order valence-electron chi connectivity index (χ1n) is 13.3. The highest BCUT2D eigenvalue weighted by Gasteiger charge is 2.33. The Bertz CT molecular complexity index is 1370. The normalized spacial score (nSPS) is 13.6. The molecule has 220 valence electrons. The number of hydrogen-bond donors (Lipinski definition) is 4. The smallest absolute Gasteiger partial charge is 0.408 e. The Kier molecular flexibility index (Phi) is 11.7. The van der Waals surface area contributed by atoms with E-state index in [1.165, 1.54) is 18.2 Å². The van der Waals surface area contributed by atoms with Crippen LogP contribution in [-0.4, -0.2) is 49.6 Å². The van der Waals surface area contributed by atoms with E-state index in [1.54, 1.807) is 18.2 Å². The van der Waals surface area contributed by atoms with Crippen LogP contribution in [0.2, 0.25) is 0 Å². The summed E-state index contributed by atoms with van der Waals surface area (Å²) in [7, 11) is -4.25. The molecular formula is C30H37N3O7S. The molecule has 0 aliphatic heterocycles. The molecule has 0 aromatic heterocycles. The third kappa shape index (κ3) is 9.59. The van der Waals surface area contributed by atoms with Gasteiger partial charge in [-0.2, -0.15) is 0 Å². The molecule has 3 rings (SSSR count). The van der Waals surface area contributed by atoms with E-state index in [2.05, 4.69) is 10.6 Å². The number of aliphatic hydroxyl groups excluding tert-OH is 1. The van der Waals surface area contributed by atoms with Crippen LogP contribution in [-0.2, 0) is 32.6 Å². The number of rotatable bonds is 14. The zero-order valence-corrected chi connectivity index (χ0v) is 23.9. The Balaban J connectivity index is 1.60. The fourth-order valence-corrected chi connectivity index (χ4v) is 5.43. The average Bonchev–Trinajstić information content (AvgIpc) is 2.97. The minimum Gasteiger partial charge on any atom is -0.488 e. The van der Waals surface area contributed by atoms with E-state index in [4.69, 9.17) is 15.2 Å². The predicted molar refractivity (Wildman–Crippen MR) is 154 cm³/mol. The van der Waals surface area contributed by atoms with Crippen LogP contribution in [0.4, 0.5) is 4.79 Å². The van der Waals surface area contributed by atoms with Crippen LogP contribution >= 0.6 is 0 Å². The summed E-state index contributed by atoms with van der Waals surface area (Å²) in [6.07, 6.45) is -2.13. The molecule has 0 aliphatic carbocycles. The fourth-order valence-electron chi connectivity index (χ4n) is 3.95. The van der Waals surface area contributed by atoms with Gasteiger partial charge in [-0.3, -0.25) is 4.79 Å². The molecule has 0 fully saturated rings. The zero-order valence-electron chi connectivity index (χ0n) is 23.1. The molecule has 0 bridgehead atoms. The lowest BCUT2D eigenvalue weighted by atomic mass is 10.0. The lowest BCUT2D eigenvalue weighted by Gasteiger charge is -2.23. The van der Waals surface area contributed by atoms with Crippen molar-refractivity contribution in [3.8, 4) is 5.75 Å². The van der Waals surface area contributed by atoms with Crippen molar-refractivity contribution in [3.63, 3.8) is 0 Å². The molecular weight excluding hydrogens is 546 g/mol. The second-order valence-electron chi connectivity index (χ2n) is 9.93. The maximum Gasteiger partial charge on any atom is 0.408 e. The van der Waals surface area contributed by atoms with Crippen molar-refractivity contribution in [1.29, 1.82) is 0 Å². The summed E-state index contributed by atoms with van der Waals surface area (Å²) in [5.41, 5.74) is 7.62. The molecule has 2 unspecified atom stereocenters. The molecule has 3 atom stereocenters. The minimum atomic E-state index is -4.25. The van der Waals surface area contributed by atoms with Gasteiger partial charge in [-0.25, -0.2) is 13.2 Å². The van der Waals surface area contributed by atoms with Gasteiger partial charge in [0, 0.05) is 6.54 Å². The number of sulfone groups is 1. The van der Waals surface area contributed by atoms with Crippen LogP contribution in [0.25, 0.3) is 0 Å². The van der Waals surface area contributed by atoms with Gasteiger partial charge in [-0.15, -0.1) is 0 Å². The molecule has 0 saturated carbocycles. The molecule has 3 aromatic carbocycles. The second kappa shape index (κ2) is 15.2. The standard InChI is InChI=1S/C30H37N3O7S/c1-21(2)17-24(33-30(36)40-20-23-13-7-4-8-14-23)29(35)32-18-25(34)28(31)41(37,38)27-16-10-9-15-26(27)39-19-22-11-5-3-6-12-22/h3-16,21,24-25,28,34H,17-20,31H2,1-2H3,(H,32,35)(H,33,36)/t24-,25?,28?/m0/s1. The number of para-hydroxylation sites is 1. The van der Waals surface area contributed by atoms with Gasteiger partial charge in [0.05, 0.1) is 0 Å². The molecule has 41 heavy (non-hydrogen) atoms. The number of carbonyl (C=O) groups excluding carboxylic acids is 2.